The molecule has 2 aliphatic rings. The van der Waals surface area contributed by atoms with Gasteiger partial charge in [0.1, 0.15) is 5.82 Å². The number of hydrogen-bond acceptors (Lipinski definition) is 4. The van der Waals surface area contributed by atoms with Crippen molar-refractivity contribution < 1.29 is 22.4 Å². The standard InChI is InChI=1S/C26H24F4N4O/c1-16-11-17(26(28,29)30)12-19(33-16)4-5-20-14-25(7-8-25)15-34(20)24(35)22-13-18(27)3-6-21(22)23-31-9-2-10-32-23/h2-3,6,9-13,20H,4-5,7-8,14-15H2,1H3/t20-/m1/s1. The highest BCUT2D eigenvalue weighted by molar-refractivity contribution is 6.00. The Hall–Kier alpha value is -3.36. The monoisotopic (exact) mass is 484 g/mol. The molecule has 35 heavy (non-hydrogen) atoms. The van der Waals surface area contributed by atoms with Crippen molar-refractivity contribution in [3.05, 3.63) is 77.1 Å². The average molecular weight is 484 g/mol. The van der Waals surface area contributed by atoms with Gasteiger partial charge in [-0.1, -0.05) is 0 Å². The Morgan fingerprint density at radius 1 is 1.14 bits per heavy atom. The molecule has 3 heterocycles. The third kappa shape index (κ3) is 4.90. The first-order chi connectivity index (χ1) is 16.6. The van der Waals surface area contributed by atoms with Crippen molar-refractivity contribution in [1.29, 1.82) is 0 Å². The fourth-order valence-corrected chi connectivity index (χ4v) is 5.02. The lowest BCUT2D eigenvalue weighted by Gasteiger charge is -2.26. The highest BCUT2D eigenvalue weighted by Crippen LogP contribution is 2.55. The number of carbonyl (C=O) groups excluding carboxylic acids is 1. The van der Waals surface area contributed by atoms with Crippen LogP contribution in [0.1, 0.15) is 53.0 Å². The smallest absolute Gasteiger partial charge is 0.335 e. The predicted octanol–water partition coefficient (Wildman–Crippen LogP) is 5.63. The van der Waals surface area contributed by atoms with Crippen LogP contribution >= 0.6 is 0 Å². The van der Waals surface area contributed by atoms with Crippen LogP contribution < -0.4 is 0 Å². The molecule has 0 unspecified atom stereocenters. The van der Waals surface area contributed by atoms with E-state index in [1.165, 1.54) is 18.2 Å². The number of aryl methyl sites for hydroxylation is 2. The van der Waals surface area contributed by atoms with Crippen molar-refractivity contribution in [2.45, 2.75) is 51.2 Å². The van der Waals surface area contributed by atoms with Gasteiger partial charge in [-0.15, -0.1) is 0 Å². The molecule has 5 nitrogen and oxygen atoms in total. The van der Waals surface area contributed by atoms with E-state index in [2.05, 4.69) is 15.0 Å². The molecule has 0 bridgehead atoms. The number of pyridine rings is 1. The molecule has 1 amide bonds. The highest BCUT2D eigenvalue weighted by atomic mass is 19.4. The summed E-state index contributed by atoms with van der Waals surface area (Å²) < 4.78 is 53.9. The topological polar surface area (TPSA) is 59.0 Å². The van der Waals surface area contributed by atoms with Crippen LogP contribution in [0.4, 0.5) is 17.6 Å². The maximum absolute atomic E-state index is 14.2. The minimum atomic E-state index is -4.44. The lowest BCUT2D eigenvalue weighted by Crippen LogP contribution is -2.36. The lowest BCUT2D eigenvalue weighted by molar-refractivity contribution is -0.137. The predicted molar refractivity (Wildman–Crippen MR) is 121 cm³/mol. The number of benzene rings is 1. The number of carbonyl (C=O) groups is 1. The first kappa shape index (κ1) is 23.4. The number of hydrogen-bond donors (Lipinski definition) is 0. The average Bonchev–Trinajstić information content (AvgIpc) is 3.48. The summed E-state index contributed by atoms with van der Waals surface area (Å²) >= 11 is 0. The molecule has 9 heteroatoms. The lowest BCUT2D eigenvalue weighted by atomic mass is 9.99. The summed E-state index contributed by atoms with van der Waals surface area (Å²) in [6.45, 7) is 2.09. The van der Waals surface area contributed by atoms with E-state index in [1.807, 2.05) is 0 Å². The molecule has 2 fully saturated rings. The van der Waals surface area contributed by atoms with Gasteiger partial charge in [-0.25, -0.2) is 14.4 Å². The molecule has 5 rings (SSSR count). The van der Waals surface area contributed by atoms with Crippen LogP contribution in [-0.4, -0.2) is 38.3 Å². The van der Waals surface area contributed by atoms with Gasteiger partial charge in [-0.3, -0.25) is 9.78 Å². The van der Waals surface area contributed by atoms with Crippen LogP contribution in [0.25, 0.3) is 11.4 Å². The van der Waals surface area contributed by atoms with Gasteiger partial charge in [0.2, 0.25) is 0 Å². The number of aromatic nitrogens is 3. The molecule has 1 saturated heterocycles. The van der Waals surface area contributed by atoms with Crippen LogP contribution in [0.2, 0.25) is 0 Å². The van der Waals surface area contributed by atoms with Gasteiger partial charge in [0.25, 0.3) is 5.91 Å². The molecule has 1 aromatic carbocycles. The van der Waals surface area contributed by atoms with Crippen molar-refractivity contribution in [1.82, 2.24) is 19.9 Å². The molecule has 2 aromatic heterocycles. The van der Waals surface area contributed by atoms with Gasteiger partial charge < -0.3 is 4.90 Å². The Bertz CT molecular complexity index is 1260. The number of likely N-dealkylation sites (tertiary alicyclic amines) is 1. The minimum Gasteiger partial charge on any atom is -0.335 e. The van der Waals surface area contributed by atoms with Crippen LogP contribution in [0, 0.1) is 18.2 Å². The van der Waals surface area contributed by atoms with E-state index >= 15 is 0 Å². The van der Waals surface area contributed by atoms with Crippen LogP contribution in [0.3, 0.4) is 0 Å². The molecule has 1 aliphatic carbocycles. The Labute approximate surface area is 200 Å². The summed E-state index contributed by atoms with van der Waals surface area (Å²) in [5.41, 5.74) is 0.624. The number of alkyl halides is 3. The van der Waals surface area contributed by atoms with Gasteiger partial charge in [0.15, 0.2) is 5.82 Å². The van der Waals surface area contributed by atoms with Gasteiger partial charge in [-0.2, -0.15) is 13.2 Å². The van der Waals surface area contributed by atoms with E-state index in [4.69, 9.17) is 0 Å². The molecule has 0 radical (unpaired) electrons. The van der Waals surface area contributed by atoms with Gasteiger partial charge in [0.05, 0.1) is 11.1 Å². The van der Waals surface area contributed by atoms with Crippen LogP contribution in [0.5, 0.6) is 0 Å². The molecule has 1 saturated carbocycles. The van der Waals surface area contributed by atoms with Crippen molar-refractivity contribution >= 4 is 5.91 Å². The summed E-state index contributed by atoms with van der Waals surface area (Å²) in [7, 11) is 0. The molecule has 3 aromatic rings. The van der Waals surface area contributed by atoms with E-state index in [0.29, 0.717) is 42.2 Å². The first-order valence-corrected chi connectivity index (χ1v) is 11.6. The van der Waals surface area contributed by atoms with E-state index in [0.717, 1.165) is 31.4 Å². The number of rotatable bonds is 5. The largest absolute Gasteiger partial charge is 0.416 e. The van der Waals surface area contributed by atoms with Crippen molar-refractivity contribution in [3.8, 4) is 11.4 Å². The second-order valence-electron chi connectivity index (χ2n) is 9.58. The Kier molecular flexibility index (Phi) is 5.81. The van der Waals surface area contributed by atoms with Crippen molar-refractivity contribution in [2.24, 2.45) is 5.41 Å². The normalized spacial score (nSPS) is 18.8. The van der Waals surface area contributed by atoms with Gasteiger partial charge >= 0.3 is 6.18 Å². The van der Waals surface area contributed by atoms with E-state index in [1.54, 1.807) is 30.3 Å². The number of amides is 1. The van der Waals surface area contributed by atoms with Gasteiger partial charge in [0, 0.05) is 41.9 Å². The Morgan fingerprint density at radius 3 is 2.57 bits per heavy atom. The summed E-state index contributed by atoms with van der Waals surface area (Å²) in [5, 5.41) is 0. The van der Waals surface area contributed by atoms with Crippen LogP contribution in [-0.2, 0) is 12.6 Å². The third-order valence-corrected chi connectivity index (χ3v) is 6.92. The van der Waals surface area contributed by atoms with E-state index in [9.17, 15) is 22.4 Å². The van der Waals surface area contributed by atoms with E-state index in [-0.39, 0.29) is 22.9 Å². The highest BCUT2D eigenvalue weighted by Gasteiger charge is 2.53. The summed E-state index contributed by atoms with van der Waals surface area (Å²) in [4.78, 5) is 28.2. The summed E-state index contributed by atoms with van der Waals surface area (Å²) in [5.74, 6) is -0.515. The second-order valence-corrected chi connectivity index (χ2v) is 9.58. The molecular formula is C26H24F4N4O. The maximum Gasteiger partial charge on any atom is 0.416 e. The van der Waals surface area contributed by atoms with Gasteiger partial charge in [-0.05, 0) is 80.8 Å². The Balaban J connectivity index is 1.41. The van der Waals surface area contributed by atoms with Crippen molar-refractivity contribution in [3.63, 3.8) is 0 Å². The quantitative estimate of drug-likeness (QED) is 0.441. The third-order valence-electron chi connectivity index (χ3n) is 6.92. The van der Waals surface area contributed by atoms with Crippen molar-refractivity contribution in [2.75, 3.05) is 6.54 Å². The molecule has 182 valence electrons. The number of halogens is 4. The molecule has 1 atom stereocenters. The zero-order valence-corrected chi connectivity index (χ0v) is 19.1. The first-order valence-electron chi connectivity index (χ1n) is 11.6. The number of nitrogens with zero attached hydrogens (tertiary/aromatic N) is 4. The molecular weight excluding hydrogens is 460 g/mol. The SMILES string of the molecule is Cc1cc(C(F)(F)F)cc(CC[C@@H]2CC3(CC3)CN2C(=O)c2cc(F)ccc2-c2ncccn2)n1. The molecule has 1 spiro atoms. The van der Waals surface area contributed by atoms with Crippen LogP contribution in [0.15, 0.2) is 48.8 Å². The molecule has 1 aliphatic heterocycles. The Morgan fingerprint density at radius 2 is 1.89 bits per heavy atom. The summed E-state index contributed by atoms with van der Waals surface area (Å²) in [6.07, 6.45) is 2.26. The second kappa shape index (κ2) is 8.70. The zero-order valence-electron chi connectivity index (χ0n) is 19.1. The zero-order chi connectivity index (χ0) is 24.8. The summed E-state index contributed by atoms with van der Waals surface area (Å²) in [6, 6.07) is 7.59. The fraction of sp³-hybridized carbons (Fsp3) is 0.385. The molecule has 0 N–H and O–H groups in total. The minimum absolute atomic E-state index is 0.0498. The maximum atomic E-state index is 14.2. The van der Waals surface area contributed by atoms with E-state index < -0.39 is 17.6 Å². The fourth-order valence-electron chi connectivity index (χ4n) is 5.02.